The Bertz CT molecular complexity index is 1300. The highest BCUT2D eigenvalue weighted by Crippen LogP contribution is 2.23. The largest absolute Gasteiger partial charge is 0.497 e. The van der Waals surface area contributed by atoms with Crippen molar-refractivity contribution in [1.82, 2.24) is 4.31 Å². The lowest BCUT2D eigenvalue weighted by atomic mass is 10.0. The van der Waals surface area contributed by atoms with E-state index in [1.54, 1.807) is 45.2 Å². The summed E-state index contributed by atoms with van der Waals surface area (Å²) in [6.07, 6.45) is 0. The highest BCUT2D eigenvalue weighted by molar-refractivity contribution is 7.89. The van der Waals surface area contributed by atoms with Crippen LogP contribution in [0.1, 0.15) is 34.6 Å². The van der Waals surface area contributed by atoms with Gasteiger partial charge in [-0.15, -0.1) is 0 Å². The number of Topliss-reactive ketones (excluding diaryl/α,β-unsaturated/α-hetero) is 1. The van der Waals surface area contributed by atoms with Crippen LogP contribution in [0.2, 0.25) is 0 Å². The van der Waals surface area contributed by atoms with Crippen molar-refractivity contribution < 1.29 is 31.9 Å². The summed E-state index contributed by atoms with van der Waals surface area (Å²) in [7, 11) is -2.55. The van der Waals surface area contributed by atoms with Gasteiger partial charge in [0.25, 0.3) is 0 Å². The number of benzene rings is 3. The Morgan fingerprint density at radius 2 is 1.55 bits per heavy atom. The summed E-state index contributed by atoms with van der Waals surface area (Å²) < 4.78 is 50.9. The maximum Gasteiger partial charge on any atom is 0.338 e. The van der Waals surface area contributed by atoms with Crippen molar-refractivity contribution in [2.24, 2.45) is 0 Å². The van der Waals surface area contributed by atoms with Crippen LogP contribution in [0.25, 0.3) is 10.8 Å². The van der Waals surface area contributed by atoms with Gasteiger partial charge in [-0.1, -0.05) is 32.0 Å². The first-order chi connectivity index (χ1) is 15.7. The van der Waals surface area contributed by atoms with Crippen molar-refractivity contribution >= 4 is 32.5 Å². The molecule has 0 fully saturated rings. The Hall–Kier alpha value is -3.30. The van der Waals surface area contributed by atoms with Gasteiger partial charge >= 0.3 is 5.97 Å². The van der Waals surface area contributed by atoms with E-state index in [1.165, 1.54) is 0 Å². The van der Waals surface area contributed by atoms with Gasteiger partial charge in [0, 0.05) is 18.7 Å². The summed E-state index contributed by atoms with van der Waals surface area (Å²) in [5.74, 6) is -1.64. The SMILES string of the molecule is CCN(CC)S(=O)(=O)c1cc(C(=O)OCC(=O)c2ccc3cc(OC)ccc3c2)ccc1F. The number of ketones is 1. The van der Waals surface area contributed by atoms with E-state index in [4.69, 9.17) is 9.47 Å². The third-order valence-corrected chi connectivity index (χ3v) is 7.26. The van der Waals surface area contributed by atoms with Gasteiger partial charge in [-0.25, -0.2) is 17.6 Å². The van der Waals surface area contributed by atoms with Crippen LogP contribution >= 0.6 is 0 Å². The van der Waals surface area contributed by atoms with Crippen LogP contribution in [0, 0.1) is 5.82 Å². The second-order valence-electron chi connectivity index (χ2n) is 7.16. The van der Waals surface area contributed by atoms with Gasteiger partial charge in [0.05, 0.1) is 12.7 Å². The van der Waals surface area contributed by atoms with Crippen molar-refractivity contribution in [3.05, 3.63) is 71.5 Å². The summed E-state index contributed by atoms with van der Waals surface area (Å²) in [6.45, 7) is 3.02. The molecular weight excluding hydrogens is 449 g/mol. The van der Waals surface area contributed by atoms with E-state index in [-0.39, 0.29) is 18.7 Å². The van der Waals surface area contributed by atoms with E-state index in [0.29, 0.717) is 11.3 Å². The van der Waals surface area contributed by atoms with Gasteiger partial charge in [0.1, 0.15) is 16.5 Å². The van der Waals surface area contributed by atoms with Crippen LogP contribution in [-0.2, 0) is 14.8 Å². The highest BCUT2D eigenvalue weighted by Gasteiger charge is 2.27. The summed E-state index contributed by atoms with van der Waals surface area (Å²) in [5.41, 5.74) is 0.185. The number of carbonyl (C=O) groups excluding carboxylic acids is 2. The molecule has 9 heteroatoms. The molecule has 0 spiro atoms. The van der Waals surface area contributed by atoms with Crippen LogP contribution in [0.4, 0.5) is 4.39 Å². The minimum atomic E-state index is -4.11. The monoisotopic (exact) mass is 473 g/mol. The summed E-state index contributed by atoms with van der Waals surface area (Å²) in [5, 5.41) is 1.70. The molecule has 7 nitrogen and oxygen atoms in total. The summed E-state index contributed by atoms with van der Waals surface area (Å²) >= 11 is 0. The molecule has 3 aromatic rings. The van der Waals surface area contributed by atoms with Crippen molar-refractivity contribution in [2.45, 2.75) is 18.7 Å². The molecule has 3 aromatic carbocycles. The average Bonchev–Trinajstić information content (AvgIpc) is 2.82. The van der Waals surface area contributed by atoms with Crippen LogP contribution in [0.3, 0.4) is 0 Å². The Labute approximate surface area is 191 Å². The highest BCUT2D eigenvalue weighted by atomic mass is 32.2. The number of fused-ring (bicyclic) bond motifs is 1. The number of carbonyl (C=O) groups is 2. The van der Waals surface area contributed by atoms with E-state index in [1.807, 2.05) is 12.1 Å². The van der Waals surface area contributed by atoms with Crippen LogP contribution in [-0.4, -0.2) is 51.3 Å². The normalized spacial score (nSPS) is 11.5. The third-order valence-electron chi connectivity index (χ3n) is 5.19. The van der Waals surface area contributed by atoms with Crippen molar-refractivity contribution in [1.29, 1.82) is 0 Å². The zero-order chi connectivity index (χ0) is 24.2. The Morgan fingerprint density at radius 1 is 0.909 bits per heavy atom. The summed E-state index contributed by atoms with van der Waals surface area (Å²) in [6, 6.07) is 13.4. The molecule has 0 unspecified atom stereocenters. The predicted octanol–water partition coefficient (Wildman–Crippen LogP) is 4.06. The number of nitrogens with zero attached hydrogens (tertiary/aromatic N) is 1. The molecule has 3 rings (SSSR count). The fraction of sp³-hybridized carbons (Fsp3) is 0.250. The molecule has 0 aliphatic rings. The lowest BCUT2D eigenvalue weighted by Crippen LogP contribution is -2.31. The molecule has 0 aromatic heterocycles. The van der Waals surface area contributed by atoms with Gasteiger partial charge in [0.2, 0.25) is 10.0 Å². The van der Waals surface area contributed by atoms with Gasteiger partial charge in [-0.3, -0.25) is 4.79 Å². The molecule has 0 saturated carbocycles. The maximum atomic E-state index is 14.3. The second-order valence-corrected chi connectivity index (χ2v) is 9.07. The lowest BCUT2D eigenvalue weighted by molar-refractivity contribution is 0.0474. The number of sulfonamides is 1. The zero-order valence-electron chi connectivity index (χ0n) is 18.5. The molecule has 0 saturated heterocycles. The van der Waals surface area contributed by atoms with Gasteiger partial charge in [0.15, 0.2) is 12.4 Å². The third kappa shape index (κ3) is 5.20. The molecule has 0 N–H and O–H groups in total. The van der Waals surface area contributed by atoms with Crippen molar-refractivity contribution in [3.8, 4) is 5.75 Å². The molecule has 174 valence electrons. The topological polar surface area (TPSA) is 90.0 Å². The fourth-order valence-corrected chi connectivity index (χ4v) is 4.90. The first-order valence-electron chi connectivity index (χ1n) is 10.3. The number of hydrogen-bond acceptors (Lipinski definition) is 6. The lowest BCUT2D eigenvalue weighted by Gasteiger charge is -2.19. The Balaban J connectivity index is 1.75. The Kier molecular flexibility index (Phi) is 7.45. The van der Waals surface area contributed by atoms with Crippen molar-refractivity contribution in [3.63, 3.8) is 0 Å². The minimum absolute atomic E-state index is 0.153. The molecule has 0 radical (unpaired) electrons. The fourth-order valence-electron chi connectivity index (χ4n) is 3.35. The maximum absolute atomic E-state index is 14.3. The smallest absolute Gasteiger partial charge is 0.338 e. The number of ether oxygens (including phenoxy) is 2. The first-order valence-corrected chi connectivity index (χ1v) is 11.7. The minimum Gasteiger partial charge on any atom is -0.497 e. The van der Waals surface area contributed by atoms with E-state index < -0.39 is 39.1 Å². The molecule has 0 atom stereocenters. The van der Waals surface area contributed by atoms with Gasteiger partial charge < -0.3 is 9.47 Å². The molecule has 0 aliphatic heterocycles. The predicted molar refractivity (Wildman–Crippen MR) is 122 cm³/mol. The molecule has 0 amide bonds. The average molecular weight is 474 g/mol. The number of hydrogen-bond donors (Lipinski definition) is 0. The molecule has 0 aliphatic carbocycles. The van der Waals surface area contributed by atoms with Crippen molar-refractivity contribution in [2.75, 3.05) is 26.8 Å². The molecule has 0 heterocycles. The summed E-state index contributed by atoms with van der Waals surface area (Å²) in [4.78, 5) is 24.4. The first kappa shape index (κ1) is 24.3. The quantitative estimate of drug-likeness (QED) is 0.344. The van der Waals surface area contributed by atoms with E-state index in [0.717, 1.165) is 33.3 Å². The number of methoxy groups -OCH3 is 1. The van der Waals surface area contributed by atoms with E-state index >= 15 is 0 Å². The van der Waals surface area contributed by atoms with Crippen LogP contribution < -0.4 is 4.74 Å². The van der Waals surface area contributed by atoms with Gasteiger partial charge in [-0.2, -0.15) is 4.31 Å². The number of rotatable bonds is 9. The number of halogens is 1. The molecule has 0 bridgehead atoms. The van der Waals surface area contributed by atoms with Crippen LogP contribution in [0.15, 0.2) is 59.5 Å². The van der Waals surface area contributed by atoms with E-state index in [9.17, 15) is 22.4 Å². The standard InChI is InChI=1S/C24H24FNO6S/c1-4-26(5-2)33(29,30)23-14-19(9-11-21(23)25)24(28)32-15-22(27)18-7-6-17-13-20(31-3)10-8-16(17)12-18/h6-14H,4-5,15H2,1-3H3. The number of esters is 1. The molecule has 33 heavy (non-hydrogen) atoms. The van der Waals surface area contributed by atoms with Crippen LogP contribution in [0.5, 0.6) is 5.75 Å². The van der Waals surface area contributed by atoms with Gasteiger partial charge in [-0.05, 0) is 47.2 Å². The Morgan fingerprint density at radius 3 is 2.21 bits per heavy atom. The van der Waals surface area contributed by atoms with E-state index in [2.05, 4.69) is 0 Å². The zero-order valence-corrected chi connectivity index (χ0v) is 19.3. The second kappa shape index (κ2) is 10.1. The molecular formula is C24H24FNO6S.